The highest BCUT2D eigenvalue weighted by atomic mass is 19.1. The zero-order valence-electron chi connectivity index (χ0n) is 12.3. The highest BCUT2D eigenvalue weighted by Gasteiger charge is 2.17. The second kappa shape index (κ2) is 5.97. The summed E-state index contributed by atoms with van der Waals surface area (Å²) in [6.45, 7) is 0. The summed E-state index contributed by atoms with van der Waals surface area (Å²) in [5.74, 6) is -2.12. The third kappa shape index (κ3) is 2.75. The van der Waals surface area contributed by atoms with Gasteiger partial charge in [-0.25, -0.2) is 9.18 Å². The Hall–Kier alpha value is -3.46. The van der Waals surface area contributed by atoms with Crippen LogP contribution >= 0.6 is 0 Å². The summed E-state index contributed by atoms with van der Waals surface area (Å²) in [5, 5.41) is 28.8. The first-order chi connectivity index (χ1) is 11.5. The molecule has 0 saturated heterocycles. The number of phenols is 1. The van der Waals surface area contributed by atoms with E-state index in [2.05, 4.69) is 4.98 Å². The van der Waals surface area contributed by atoms with Crippen molar-refractivity contribution >= 4 is 16.9 Å². The Morgan fingerprint density at radius 2 is 1.92 bits per heavy atom. The number of aromatic carboxylic acids is 1. The number of rotatable bonds is 3. The van der Waals surface area contributed by atoms with Gasteiger partial charge >= 0.3 is 5.97 Å². The lowest BCUT2D eigenvalue weighted by Crippen LogP contribution is -2.00. The number of nitriles is 1. The van der Waals surface area contributed by atoms with Crippen molar-refractivity contribution in [2.24, 2.45) is 0 Å². The Labute approximate surface area is 136 Å². The second-order valence-electron chi connectivity index (χ2n) is 5.28. The first-order valence-electron chi connectivity index (χ1n) is 7.02. The van der Waals surface area contributed by atoms with Gasteiger partial charge in [0.15, 0.2) is 5.75 Å². The summed E-state index contributed by atoms with van der Waals surface area (Å²) in [5.41, 5.74) is 1.44. The molecule has 0 aliphatic heterocycles. The molecule has 6 heteroatoms. The number of nitrogens with zero attached hydrogens (tertiary/aromatic N) is 2. The van der Waals surface area contributed by atoms with Gasteiger partial charge in [-0.3, -0.25) is 4.98 Å². The fourth-order valence-electron chi connectivity index (χ4n) is 2.51. The molecule has 0 atom stereocenters. The molecule has 2 N–H and O–H groups in total. The van der Waals surface area contributed by atoms with E-state index in [0.29, 0.717) is 11.8 Å². The van der Waals surface area contributed by atoms with Gasteiger partial charge in [0.05, 0.1) is 11.6 Å². The minimum absolute atomic E-state index is 0.0642. The molecular formula is C18H11FN2O3. The summed E-state index contributed by atoms with van der Waals surface area (Å²) < 4.78 is 13.0. The Balaban J connectivity index is 2.11. The molecule has 0 aliphatic rings. The van der Waals surface area contributed by atoms with E-state index in [1.807, 2.05) is 6.07 Å². The Kier molecular flexibility index (Phi) is 3.84. The van der Waals surface area contributed by atoms with E-state index in [1.54, 1.807) is 18.2 Å². The predicted molar refractivity (Wildman–Crippen MR) is 84.3 cm³/mol. The van der Waals surface area contributed by atoms with Crippen LogP contribution in [0.1, 0.15) is 27.0 Å². The number of hydrogen-bond acceptors (Lipinski definition) is 4. The fourth-order valence-corrected chi connectivity index (χ4v) is 2.51. The van der Waals surface area contributed by atoms with Gasteiger partial charge in [0, 0.05) is 11.6 Å². The minimum atomic E-state index is -1.33. The smallest absolute Gasteiger partial charge is 0.339 e. The third-order valence-corrected chi connectivity index (χ3v) is 3.67. The molecule has 0 saturated carbocycles. The van der Waals surface area contributed by atoms with Crippen molar-refractivity contribution < 1.29 is 19.4 Å². The number of aromatic nitrogens is 1. The van der Waals surface area contributed by atoms with Crippen LogP contribution < -0.4 is 0 Å². The normalized spacial score (nSPS) is 10.5. The average Bonchev–Trinajstić information content (AvgIpc) is 2.57. The van der Waals surface area contributed by atoms with Crippen LogP contribution in [0.5, 0.6) is 5.75 Å². The molecule has 0 fully saturated rings. The maximum absolute atomic E-state index is 13.0. The van der Waals surface area contributed by atoms with Crippen LogP contribution in [0, 0.1) is 17.1 Å². The van der Waals surface area contributed by atoms with Gasteiger partial charge in [-0.15, -0.1) is 0 Å². The fraction of sp³-hybridized carbons (Fsp3) is 0.0556. The van der Waals surface area contributed by atoms with Crippen LogP contribution in [0.4, 0.5) is 4.39 Å². The molecule has 3 rings (SSSR count). The van der Waals surface area contributed by atoms with E-state index in [0.717, 1.165) is 17.2 Å². The third-order valence-electron chi connectivity index (χ3n) is 3.67. The topological polar surface area (TPSA) is 94.2 Å². The molecular weight excluding hydrogens is 311 g/mol. The molecule has 24 heavy (non-hydrogen) atoms. The van der Waals surface area contributed by atoms with E-state index in [1.165, 1.54) is 18.3 Å². The lowest BCUT2D eigenvalue weighted by Gasteiger charge is -2.08. The molecule has 2 aromatic carbocycles. The first kappa shape index (κ1) is 15.4. The van der Waals surface area contributed by atoms with E-state index >= 15 is 0 Å². The van der Waals surface area contributed by atoms with E-state index < -0.39 is 11.7 Å². The van der Waals surface area contributed by atoms with Gasteiger partial charge in [-0.2, -0.15) is 5.26 Å². The predicted octanol–water partition coefficient (Wildman–Crippen LogP) is 3.24. The summed E-state index contributed by atoms with van der Waals surface area (Å²) in [7, 11) is 0. The van der Waals surface area contributed by atoms with Crippen molar-refractivity contribution in [1.29, 1.82) is 5.26 Å². The van der Waals surface area contributed by atoms with Crippen molar-refractivity contribution in [2.45, 2.75) is 6.42 Å². The Bertz CT molecular complexity index is 992. The van der Waals surface area contributed by atoms with Crippen molar-refractivity contribution in [3.05, 3.63) is 70.7 Å². The average molecular weight is 322 g/mol. The lowest BCUT2D eigenvalue weighted by atomic mass is 10.00. The summed E-state index contributed by atoms with van der Waals surface area (Å²) >= 11 is 0. The van der Waals surface area contributed by atoms with Crippen LogP contribution in [0.2, 0.25) is 0 Å². The number of aromatic hydroxyl groups is 1. The maximum atomic E-state index is 13.0. The summed E-state index contributed by atoms with van der Waals surface area (Å²) in [6, 6.07) is 10.7. The zero-order valence-corrected chi connectivity index (χ0v) is 12.3. The minimum Gasteiger partial charge on any atom is -0.505 e. The van der Waals surface area contributed by atoms with Gasteiger partial charge in [0.1, 0.15) is 16.9 Å². The first-order valence-corrected chi connectivity index (χ1v) is 7.02. The number of benzene rings is 2. The Morgan fingerprint density at radius 1 is 1.21 bits per heavy atom. The monoisotopic (exact) mass is 322 g/mol. The number of carboxylic acids is 1. The van der Waals surface area contributed by atoms with E-state index in [9.17, 15) is 19.6 Å². The largest absolute Gasteiger partial charge is 0.505 e. The maximum Gasteiger partial charge on any atom is 0.339 e. The number of fused-ring (bicyclic) bond motifs is 1. The second-order valence-corrected chi connectivity index (χ2v) is 5.28. The molecule has 0 spiro atoms. The molecule has 0 amide bonds. The molecule has 0 bridgehead atoms. The number of hydrogen-bond donors (Lipinski definition) is 2. The highest BCUT2D eigenvalue weighted by Crippen LogP contribution is 2.31. The Morgan fingerprint density at radius 3 is 2.54 bits per heavy atom. The van der Waals surface area contributed by atoms with Gasteiger partial charge in [-0.1, -0.05) is 12.1 Å². The van der Waals surface area contributed by atoms with Crippen LogP contribution in [-0.4, -0.2) is 21.2 Å². The highest BCUT2D eigenvalue weighted by molar-refractivity contribution is 6.01. The lowest BCUT2D eigenvalue weighted by molar-refractivity contribution is 0.0694. The van der Waals surface area contributed by atoms with Gasteiger partial charge < -0.3 is 10.2 Å². The standard InChI is InChI=1S/C18H11FN2O3/c19-13-3-1-10(2-4-13)5-11-6-14-12(8-20)7-15(18(23)24)17(22)16(14)21-9-11/h1-4,6-7,9,22H,5H2,(H,23,24). The van der Waals surface area contributed by atoms with Gasteiger partial charge in [-0.05, 0) is 41.8 Å². The summed E-state index contributed by atoms with van der Waals surface area (Å²) in [4.78, 5) is 15.2. The van der Waals surface area contributed by atoms with Crippen molar-refractivity contribution in [1.82, 2.24) is 4.98 Å². The van der Waals surface area contributed by atoms with E-state index in [4.69, 9.17) is 5.11 Å². The van der Waals surface area contributed by atoms with Crippen molar-refractivity contribution in [2.75, 3.05) is 0 Å². The number of pyridine rings is 1. The van der Waals surface area contributed by atoms with E-state index in [-0.39, 0.29) is 22.5 Å². The molecule has 0 unspecified atom stereocenters. The van der Waals surface area contributed by atoms with Crippen LogP contribution in [0.15, 0.2) is 42.6 Å². The van der Waals surface area contributed by atoms with Crippen molar-refractivity contribution in [3.8, 4) is 11.8 Å². The van der Waals surface area contributed by atoms with Gasteiger partial charge in [0.2, 0.25) is 0 Å². The molecule has 0 aliphatic carbocycles. The molecule has 1 heterocycles. The van der Waals surface area contributed by atoms with Crippen LogP contribution in [-0.2, 0) is 6.42 Å². The molecule has 3 aromatic rings. The quantitative estimate of drug-likeness (QED) is 0.772. The summed E-state index contributed by atoms with van der Waals surface area (Å²) in [6.07, 6.45) is 1.97. The van der Waals surface area contributed by atoms with Crippen LogP contribution in [0.3, 0.4) is 0 Å². The molecule has 1 aromatic heterocycles. The number of halogens is 1. The van der Waals surface area contributed by atoms with Crippen molar-refractivity contribution in [3.63, 3.8) is 0 Å². The van der Waals surface area contributed by atoms with Crippen LogP contribution in [0.25, 0.3) is 10.9 Å². The molecule has 118 valence electrons. The SMILES string of the molecule is N#Cc1cc(C(=O)O)c(O)c2ncc(Cc3ccc(F)cc3)cc12. The zero-order chi connectivity index (χ0) is 17.3. The number of carbonyl (C=O) groups is 1. The number of carboxylic acid groups (broad SMARTS) is 1. The molecule has 5 nitrogen and oxygen atoms in total. The van der Waals surface area contributed by atoms with Gasteiger partial charge in [0.25, 0.3) is 0 Å². The molecule has 0 radical (unpaired) electrons.